The molecule has 0 unspecified atom stereocenters. The van der Waals surface area contributed by atoms with Crippen molar-refractivity contribution < 1.29 is 4.79 Å². The number of aromatic nitrogens is 3. The molecule has 2 aromatic heterocycles. The van der Waals surface area contributed by atoms with Crippen LogP contribution in [-0.2, 0) is 26.6 Å². The molecule has 0 atom stereocenters. The quantitative estimate of drug-likeness (QED) is 0.935. The van der Waals surface area contributed by atoms with Crippen molar-refractivity contribution in [2.45, 2.75) is 32.4 Å². The first-order chi connectivity index (χ1) is 11.2. The van der Waals surface area contributed by atoms with E-state index in [0.29, 0.717) is 5.69 Å². The minimum absolute atomic E-state index is 0.0979. The summed E-state index contributed by atoms with van der Waals surface area (Å²) in [6.07, 6.45) is 5.22. The molecule has 122 valence electrons. The van der Waals surface area contributed by atoms with Crippen LogP contribution in [0.4, 0.5) is 0 Å². The highest BCUT2D eigenvalue weighted by Gasteiger charge is 2.29. The number of nitrogens with zero attached hydrogens (tertiary/aromatic N) is 4. The first kappa shape index (κ1) is 14.5. The molecule has 0 saturated carbocycles. The molecular formula is C17H23N5O. The van der Waals surface area contributed by atoms with Gasteiger partial charge >= 0.3 is 0 Å². The minimum atomic E-state index is 0.0979. The second kappa shape index (κ2) is 5.85. The SMILES string of the molecule is Cn1cccc1CN1CCc2[nH]nc(C(=O)N3CCCC3)c2C1. The van der Waals surface area contributed by atoms with Crippen molar-refractivity contribution in [3.05, 3.63) is 41.0 Å². The summed E-state index contributed by atoms with van der Waals surface area (Å²) in [5, 5.41) is 7.44. The van der Waals surface area contributed by atoms with E-state index in [4.69, 9.17) is 0 Å². The van der Waals surface area contributed by atoms with Gasteiger partial charge in [0.15, 0.2) is 5.69 Å². The highest BCUT2D eigenvalue weighted by atomic mass is 16.2. The number of aryl methyl sites for hydroxylation is 1. The number of nitrogens with one attached hydrogen (secondary N) is 1. The zero-order chi connectivity index (χ0) is 15.8. The fraction of sp³-hybridized carbons (Fsp3) is 0.529. The van der Waals surface area contributed by atoms with Gasteiger partial charge in [-0.3, -0.25) is 14.8 Å². The van der Waals surface area contributed by atoms with Crippen molar-refractivity contribution in [1.82, 2.24) is 24.6 Å². The average molecular weight is 313 g/mol. The maximum Gasteiger partial charge on any atom is 0.274 e. The van der Waals surface area contributed by atoms with Gasteiger partial charge in [0.1, 0.15) is 0 Å². The van der Waals surface area contributed by atoms with Crippen molar-refractivity contribution in [3.8, 4) is 0 Å². The standard InChI is InChI=1S/C17H23N5O/c1-20-7-4-5-13(20)11-21-10-6-15-14(12-21)16(19-18-15)17(23)22-8-2-3-9-22/h4-5,7H,2-3,6,8-12H2,1H3,(H,18,19). The summed E-state index contributed by atoms with van der Waals surface area (Å²) in [4.78, 5) is 17.0. The van der Waals surface area contributed by atoms with Crippen LogP contribution in [-0.4, -0.2) is 50.1 Å². The van der Waals surface area contributed by atoms with Gasteiger partial charge in [-0.15, -0.1) is 0 Å². The van der Waals surface area contributed by atoms with Crippen molar-refractivity contribution in [2.24, 2.45) is 7.05 Å². The summed E-state index contributed by atoms with van der Waals surface area (Å²) in [7, 11) is 2.07. The van der Waals surface area contributed by atoms with Gasteiger partial charge < -0.3 is 9.47 Å². The second-order valence-corrected chi connectivity index (χ2v) is 6.60. The van der Waals surface area contributed by atoms with Gasteiger partial charge in [0.25, 0.3) is 5.91 Å². The lowest BCUT2D eigenvalue weighted by molar-refractivity contribution is 0.0784. The van der Waals surface area contributed by atoms with Crippen LogP contribution in [0.1, 0.15) is 40.3 Å². The normalized spacial score (nSPS) is 18.4. The lowest BCUT2D eigenvalue weighted by Gasteiger charge is -2.27. The number of carbonyl (C=O) groups excluding carboxylic acids is 1. The summed E-state index contributed by atoms with van der Waals surface area (Å²) < 4.78 is 2.15. The number of fused-ring (bicyclic) bond motifs is 1. The van der Waals surface area contributed by atoms with Crippen molar-refractivity contribution in [3.63, 3.8) is 0 Å². The van der Waals surface area contributed by atoms with Crippen LogP contribution in [0, 0.1) is 0 Å². The second-order valence-electron chi connectivity index (χ2n) is 6.60. The lowest BCUT2D eigenvalue weighted by atomic mass is 10.0. The van der Waals surface area contributed by atoms with Crippen LogP contribution in [0.15, 0.2) is 18.3 Å². The van der Waals surface area contributed by atoms with Crippen LogP contribution in [0.25, 0.3) is 0 Å². The Morgan fingerprint density at radius 1 is 1.30 bits per heavy atom. The predicted molar refractivity (Wildman–Crippen MR) is 87.0 cm³/mol. The number of hydrogen-bond acceptors (Lipinski definition) is 3. The molecule has 1 amide bonds. The Morgan fingerprint density at radius 2 is 2.13 bits per heavy atom. The van der Waals surface area contributed by atoms with E-state index in [1.165, 1.54) is 5.69 Å². The molecule has 0 spiro atoms. The third kappa shape index (κ3) is 2.67. The molecule has 0 radical (unpaired) electrons. The summed E-state index contributed by atoms with van der Waals surface area (Å²) >= 11 is 0. The first-order valence-corrected chi connectivity index (χ1v) is 8.40. The van der Waals surface area contributed by atoms with Gasteiger partial charge in [-0.05, 0) is 25.0 Å². The fourth-order valence-corrected chi connectivity index (χ4v) is 3.62. The zero-order valence-corrected chi connectivity index (χ0v) is 13.6. The van der Waals surface area contributed by atoms with E-state index < -0.39 is 0 Å². The number of amides is 1. The molecule has 1 saturated heterocycles. The molecule has 1 fully saturated rings. The molecular weight excluding hydrogens is 290 g/mol. The lowest BCUT2D eigenvalue weighted by Crippen LogP contribution is -2.33. The molecule has 4 heterocycles. The summed E-state index contributed by atoms with van der Waals surface area (Å²) in [5.74, 6) is 0.0979. The summed E-state index contributed by atoms with van der Waals surface area (Å²) in [6, 6.07) is 4.23. The maximum absolute atomic E-state index is 12.7. The number of hydrogen-bond donors (Lipinski definition) is 1. The third-order valence-electron chi connectivity index (χ3n) is 5.05. The van der Waals surface area contributed by atoms with E-state index in [1.54, 1.807) is 0 Å². The Morgan fingerprint density at radius 3 is 2.87 bits per heavy atom. The molecule has 2 aliphatic heterocycles. The molecule has 4 rings (SSSR count). The topological polar surface area (TPSA) is 57.2 Å². The van der Waals surface area contributed by atoms with Crippen molar-refractivity contribution >= 4 is 5.91 Å². The van der Waals surface area contributed by atoms with E-state index >= 15 is 0 Å². The van der Waals surface area contributed by atoms with Gasteiger partial charge in [-0.1, -0.05) is 0 Å². The highest BCUT2D eigenvalue weighted by molar-refractivity contribution is 5.94. The maximum atomic E-state index is 12.7. The Hall–Kier alpha value is -2.08. The van der Waals surface area contributed by atoms with Crippen LogP contribution >= 0.6 is 0 Å². The minimum Gasteiger partial charge on any atom is -0.353 e. The molecule has 6 heteroatoms. The summed E-state index contributed by atoms with van der Waals surface area (Å²) in [5.41, 5.74) is 4.17. The number of likely N-dealkylation sites (tertiary alicyclic amines) is 1. The number of H-pyrrole nitrogens is 1. The van der Waals surface area contributed by atoms with E-state index in [2.05, 4.69) is 45.0 Å². The van der Waals surface area contributed by atoms with E-state index in [9.17, 15) is 4.79 Å². The Labute approximate surface area is 136 Å². The molecule has 2 aromatic rings. The van der Waals surface area contributed by atoms with E-state index in [1.807, 2.05) is 4.90 Å². The Bertz CT molecular complexity index is 710. The smallest absolute Gasteiger partial charge is 0.274 e. The Kier molecular flexibility index (Phi) is 3.69. The highest BCUT2D eigenvalue weighted by Crippen LogP contribution is 2.24. The monoisotopic (exact) mass is 313 g/mol. The predicted octanol–water partition coefficient (Wildman–Crippen LogP) is 1.54. The van der Waals surface area contributed by atoms with Crippen molar-refractivity contribution in [2.75, 3.05) is 19.6 Å². The number of aromatic amines is 1. The van der Waals surface area contributed by atoms with Gasteiger partial charge in [0, 0.05) is 69.3 Å². The Balaban J connectivity index is 1.53. The molecule has 1 N–H and O–H groups in total. The van der Waals surface area contributed by atoms with Gasteiger partial charge in [-0.25, -0.2) is 0 Å². The van der Waals surface area contributed by atoms with Crippen LogP contribution in [0.3, 0.4) is 0 Å². The van der Waals surface area contributed by atoms with Crippen LogP contribution < -0.4 is 0 Å². The van der Waals surface area contributed by atoms with Crippen LogP contribution in [0.5, 0.6) is 0 Å². The summed E-state index contributed by atoms with van der Waals surface area (Å²) in [6.45, 7) is 4.44. The average Bonchev–Trinajstić information content (AvgIpc) is 3.28. The largest absolute Gasteiger partial charge is 0.353 e. The molecule has 2 aliphatic rings. The molecule has 0 aromatic carbocycles. The van der Waals surface area contributed by atoms with E-state index in [-0.39, 0.29) is 5.91 Å². The van der Waals surface area contributed by atoms with Crippen molar-refractivity contribution in [1.29, 1.82) is 0 Å². The molecule has 6 nitrogen and oxygen atoms in total. The number of carbonyl (C=O) groups is 1. The van der Waals surface area contributed by atoms with Gasteiger partial charge in [0.2, 0.25) is 0 Å². The first-order valence-electron chi connectivity index (χ1n) is 8.40. The zero-order valence-electron chi connectivity index (χ0n) is 13.6. The molecule has 0 bridgehead atoms. The fourth-order valence-electron chi connectivity index (χ4n) is 3.62. The van der Waals surface area contributed by atoms with Gasteiger partial charge in [-0.2, -0.15) is 5.10 Å². The van der Waals surface area contributed by atoms with Gasteiger partial charge in [0.05, 0.1) is 0 Å². The molecule has 0 aliphatic carbocycles. The molecule has 23 heavy (non-hydrogen) atoms. The van der Waals surface area contributed by atoms with Crippen LogP contribution in [0.2, 0.25) is 0 Å². The number of rotatable bonds is 3. The third-order valence-corrected chi connectivity index (χ3v) is 5.05. The van der Waals surface area contributed by atoms with E-state index in [0.717, 1.165) is 63.2 Å².